The highest BCUT2D eigenvalue weighted by Gasteiger charge is 2.47. The zero-order valence-electron chi connectivity index (χ0n) is 16.2. The van der Waals surface area contributed by atoms with Crippen LogP contribution in [0.5, 0.6) is 0 Å². The van der Waals surface area contributed by atoms with Gasteiger partial charge in [-0.2, -0.15) is 18.3 Å². The number of likely N-dealkylation sites (tertiary alicyclic amines) is 1. The largest absolute Gasteiger partial charge is 0.410 e. The minimum atomic E-state index is -4.31. The van der Waals surface area contributed by atoms with E-state index in [9.17, 15) is 13.2 Å². The number of fused-ring (bicyclic) bond motifs is 1. The first-order chi connectivity index (χ1) is 13.3. The molecule has 4 heterocycles. The van der Waals surface area contributed by atoms with Crippen molar-refractivity contribution in [2.75, 3.05) is 11.9 Å². The molecule has 1 saturated heterocycles. The van der Waals surface area contributed by atoms with Gasteiger partial charge in [0, 0.05) is 31.0 Å². The minimum absolute atomic E-state index is 0.0132. The van der Waals surface area contributed by atoms with E-state index in [1.807, 2.05) is 38.2 Å². The zero-order chi connectivity index (χ0) is 19.9. The van der Waals surface area contributed by atoms with Crippen LogP contribution in [0.1, 0.15) is 56.5 Å². The van der Waals surface area contributed by atoms with Gasteiger partial charge in [-0.3, -0.25) is 9.88 Å². The van der Waals surface area contributed by atoms with E-state index in [-0.39, 0.29) is 24.4 Å². The lowest BCUT2D eigenvalue weighted by Crippen LogP contribution is -2.41. The summed E-state index contributed by atoms with van der Waals surface area (Å²) >= 11 is 0. The first-order valence-corrected chi connectivity index (χ1v) is 9.88. The minimum Gasteiger partial charge on any atom is -0.367 e. The van der Waals surface area contributed by atoms with Crippen LogP contribution in [-0.4, -0.2) is 38.4 Å². The Morgan fingerprint density at radius 1 is 1.32 bits per heavy atom. The lowest BCUT2D eigenvalue weighted by Gasteiger charge is -2.35. The molecule has 0 bridgehead atoms. The Bertz CT molecular complexity index is 802. The fraction of sp³-hybridized carbons (Fsp3) is 0.600. The molecule has 2 aromatic heterocycles. The molecule has 28 heavy (non-hydrogen) atoms. The Balaban J connectivity index is 1.61. The maximum absolute atomic E-state index is 13.7. The van der Waals surface area contributed by atoms with Crippen molar-refractivity contribution < 1.29 is 13.2 Å². The van der Waals surface area contributed by atoms with Gasteiger partial charge >= 0.3 is 6.18 Å². The molecule has 152 valence electrons. The second-order valence-corrected chi connectivity index (χ2v) is 8.18. The first-order valence-electron chi connectivity index (χ1n) is 9.88. The molecule has 0 spiro atoms. The van der Waals surface area contributed by atoms with Crippen molar-refractivity contribution in [1.29, 1.82) is 0 Å². The summed E-state index contributed by atoms with van der Waals surface area (Å²) in [6.45, 7) is 5.53. The van der Waals surface area contributed by atoms with E-state index in [1.54, 1.807) is 6.20 Å². The van der Waals surface area contributed by atoms with E-state index in [2.05, 4.69) is 20.3 Å². The van der Waals surface area contributed by atoms with Crippen LogP contribution in [0.4, 0.5) is 19.0 Å². The van der Waals surface area contributed by atoms with Gasteiger partial charge in [0.05, 0.1) is 11.7 Å². The number of nitrogens with zero attached hydrogens (tertiary/aromatic N) is 4. The topological polar surface area (TPSA) is 46.0 Å². The molecular weight excluding hydrogens is 367 g/mol. The molecule has 4 rings (SSSR count). The van der Waals surface area contributed by atoms with Crippen LogP contribution in [0.2, 0.25) is 0 Å². The number of hydrogen-bond acceptors (Lipinski definition) is 4. The predicted octanol–water partition coefficient (Wildman–Crippen LogP) is 4.56. The van der Waals surface area contributed by atoms with Crippen LogP contribution in [-0.2, 0) is 6.54 Å². The van der Waals surface area contributed by atoms with E-state index in [4.69, 9.17) is 0 Å². The van der Waals surface area contributed by atoms with Crippen LogP contribution < -0.4 is 5.32 Å². The fourth-order valence-electron chi connectivity index (χ4n) is 4.30. The van der Waals surface area contributed by atoms with E-state index < -0.39 is 12.2 Å². The van der Waals surface area contributed by atoms with Crippen molar-refractivity contribution >= 4 is 5.82 Å². The van der Waals surface area contributed by atoms with Gasteiger partial charge in [-0.15, -0.1) is 0 Å². The van der Waals surface area contributed by atoms with E-state index in [1.165, 1.54) is 0 Å². The number of alkyl halides is 3. The highest BCUT2D eigenvalue weighted by Crippen LogP contribution is 2.42. The Hall–Kier alpha value is -2.09. The lowest BCUT2D eigenvalue weighted by atomic mass is 9.94. The van der Waals surface area contributed by atoms with Gasteiger partial charge in [0.25, 0.3) is 0 Å². The molecule has 5 nitrogen and oxygen atoms in total. The normalized spacial score (nSPS) is 25.7. The molecule has 2 aromatic rings. The van der Waals surface area contributed by atoms with Gasteiger partial charge in [0.1, 0.15) is 5.82 Å². The number of anilines is 1. The second-order valence-electron chi connectivity index (χ2n) is 8.18. The smallest absolute Gasteiger partial charge is 0.367 e. The van der Waals surface area contributed by atoms with E-state index in [0.29, 0.717) is 5.82 Å². The maximum atomic E-state index is 13.7. The summed E-state index contributed by atoms with van der Waals surface area (Å²) in [7, 11) is 0. The molecule has 0 radical (unpaired) electrons. The van der Waals surface area contributed by atoms with Crippen LogP contribution in [0, 0.1) is 5.92 Å². The first kappa shape index (κ1) is 19.2. The zero-order valence-corrected chi connectivity index (χ0v) is 16.2. The average molecular weight is 393 g/mol. The Morgan fingerprint density at radius 2 is 2.14 bits per heavy atom. The van der Waals surface area contributed by atoms with Crippen molar-refractivity contribution in [2.45, 2.75) is 64.0 Å². The Labute approximate surface area is 162 Å². The Kier molecular flexibility index (Phi) is 5.07. The van der Waals surface area contributed by atoms with Crippen molar-refractivity contribution in [2.24, 2.45) is 5.92 Å². The van der Waals surface area contributed by atoms with Crippen LogP contribution in [0.25, 0.3) is 0 Å². The molecule has 0 amide bonds. The molecular formula is C20H26F3N5. The standard InChI is InChI=1S/C20H26F3N5/c1-13(2)15-9-18(20(21,22)23)28-19(25-15)10-16(26-28)17-6-4-8-27(17)12-14-5-3-7-24-11-14/h3,5,7,10-11,13,15,17-18,25H,4,6,8-9,12H2,1-2H3/t15-,17-,18+/m0/s1. The van der Waals surface area contributed by atoms with Gasteiger partial charge in [-0.05, 0) is 43.4 Å². The van der Waals surface area contributed by atoms with Gasteiger partial charge < -0.3 is 5.32 Å². The maximum Gasteiger partial charge on any atom is 0.410 e. The number of pyridine rings is 1. The molecule has 0 unspecified atom stereocenters. The quantitative estimate of drug-likeness (QED) is 0.827. The van der Waals surface area contributed by atoms with Crippen molar-refractivity contribution in [3.8, 4) is 0 Å². The van der Waals surface area contributed by atoms with Gasteiger partial charge in [0.15, 0.2) is 6.04 Å². The van der Waals surface area contributed by atoms with E-state index >= 15 is 0 Å². The highest BCUT2D eigenvalue weighted by molar-refractivity contribution is 5.42. The summed E-state index contributed by atoms with van der Waals surface area (Å²) in [6, 6.07) is 4.00. The Morgan fingerprint density at radius 3 is 2.82 bits per heavy atom. The third-order valence-corrected chi connectivity index (χ3v) is 5.86. The predicted molar refractivity (Wildman–Crippen MR) is 101 cm³/mol. The second kappa shape index (κ2) is 7.39. The molecule has 3 atom stereocenters. The molecule has 2 aliphatic heterocycles. The summed E-state index contributed by atoms with van der Waals surface area (Å²) in [5, 5.41) is 7.72. The van der Waals surface area contributed by atoms with Crippen LogP contribution in [0.3, 0.4) is 0 Å². The van der Waals surface area contributed by atoms with Gasteiger partial charge in [-0.1, -0.05) is 19.9 Å². The van der Waals surface area contributed by atoms with Crippen LogP contribution >= 0.6 is 0 Å². The SMILES string of the molecule is CC(C)[C@@H]1C[C@H](C(F)(F)F)n2nc([C@@H]3CCCN3Cc3cccnc3)cc2N1. The summed E-state index contributed by atoms with van der Waals surface area (Å²) in [5.74, 6) is 0.598. The van der Waals surface area contributed by atoms with Crippen molar-refractivity contribution in [3.05, 3.63) is 41.9 Å². The molecule has 8 heteroatoms. The molecule has 1 N–H and O–H groups in total. The van der Waals surface area contributed by atoms with Crippen molar-refractivity contribution in [3.63, 3.8) is 0 Å². The molecule has 0 saturated carbocycles. The third-order valence-electron chi connectivity index (χ3n) is 5.86. The molecule has 1 fully saturated rings. The number of hydrogen-bond donors (Lipinski definition) is 1. The number of nitrogens with one attached hydrogen (secondary N) is 1. The third kappa shape index (κ3) is 3.74. The fourth-order valence-corrected chi connectivity index (χ4v) is 4.30. The number of aromatic nitrogens is 3. The summed E-state index contributed by atoms with van der Waals surface area (Å²) < 4.78 is 42.3. The van der Waals surface area contributed by atoms with Gasteiger partial charge in [0.2, 0.25) is 0 Å². The molecule has 0 aliphatic carbocycles. The summed E-state index contributed by atoms with van der Waals surface area (Å²) in [4.78, 5) is 6.44. The number of rotatable bonds is 4. The molecule has 2 aliphatic rings. The van der Waals surface area contributed by atoms with Crippen molar-refractivity contribution in [1.82, 2.24) is 19.7 Å². The summed E-state index contributed by atoms with van der Waals surface area (Å²) in [5.41, 5.74) is 1.83. The highest BCUT2D eigenvalue weighted by atomic mass is 19.4. The van der Waals surface area contributed by atoms with Crippen LogP contribution in [0.15, 0.2) is 30.6 Å². The summed E-state index contributed by atoms with van der Waals surface area (Å²) in [6.07, 6.45) is 1.20. The number of halogens is 3. The monoisotopic (exact) mass is 393 g/mol. The average Bonchev–Trinajstić information content (AvgIpc) is 3.26. The molecule has 0 aromatic carbocycles. The van der Waals surface area contributed by atoms with Gasteiger partial charge in [-0.25, -0.2) is 4.68 Å². The lowest BCUT2D eigenvalue weighted by molar-refractivity contribution is -0.174. The van der Waals surface area contributed by atoms with E-state index in [0.717, 1.165) is 41.9 Å².